The van der Waals surface area contributed by atoms with Gasteiger partial charge in [-0.1, -0.05) is 6.07 Å². The number of ether oxygens (including phenoxy) is 2. The van der Waals surface area contributed by atoms with Crippen LogP contribution in [0.2, 0.25) is 0 Å². The Morgan fingerprint density at radius 2 is 2.27 bits per heavy atom. The lowest BCUT2D eigenvalue weighted by molar-refractivity contribution is -0.169. The van der Waals surface area contributed by atoms with E-state index in [0.717, 1.165) is 32.1 Å². The molecule has 0 amide bonds. The molecule has 0 spiro atoms. The van der Waals surface area contributed by atoms with Crippen molar-refractivity contribution >= 4 is 10.1 Å². The summed E-state index contributed by atoms with van der Waals surface area (Å²) in [5.41, 5.74) is 1.20. The number of hydrogen-bond donors (Lipinski definition) is 1. The molecule has 22 heavy (non-hydrogen) atoms. The van der Waals surface area contributed by atoms with Crippen molar-refractivity contribution in [2.75, 3.05) is 19.5 Å². The fraction of sp³-hybridized carbons (Fsp3) is 0.643. The second-order valence-electron chi connectivity index (χ2n) is 5.19. The van der Waals surface area contributed by atoms with Crippen LogP contribution in [0.15, 0.2) is 18.3 Å². The Hall–Kier alpha value is -1.06. The molecule has 2 rings (SSSR count). The Balaban J connectivity index is 1.81. The summed E-state index contributed by atoms with van der Waals surface area (Å²) in [4.78, 5) is 4.18. The molecule has 1 aromatic heterocycles. The molecule has 0 radical (unpaired) electrons. The van der Waals surface area contributed by atoms with Crippen molar-refractivity contribution < 1.29 is 27.2 Å². The maximum absolute atomic E-state index is 10.9. The highest BCUT2D eigenvalue weighted by Crippen LogP contribution is 2.16. The van der Waals surface area contributed by atoms with Gasteiger partial charge in [0.25, 0.3) is 10.1 Å². The van der Waals surface area contributed by atoms with Crippen molar-refractivity contribution in [3.8, 4) is 0 Å². The van der Waals surface area contributed by atoms with Crippen molar-refractivity contribution in [2.24, 2.45) is 0 Å². The van der Waals surface area contributed by atoms with Crippen LogP contribution < -0.4 is 0 Å². The van der Waals surface area contributed by atoms with E-state index in [2.05, 4.69) is 9.17 Å². The minimum atomic E-state index is -3.57. The van der Waals surface area contributed by atoms with Crippen molar-refractivity contribution in [3.05, 3.63) is 29.6 Å². The molecule has 2 heterocycles. The summed E-state index contributed by atoms with van der Waals surface area (Å²) in [5, 5.41) is 9.83. The van der Waals surface area contributed by atoms with E-state index in [1.165, 1.54) is 6.20 Å². The molecule has 1 aliphatic rings. The second-order valence-corrected chi connectivity index (χ2v) is 6.84. The van der Waals surface area contributed by atoms with Gasteiger partial charge < -0.3 is 14.6 Å². The predicted molar refractivity (Wildman–Crippen MR) is 78.4 cm³/mol. The maximum Gasteiger partial charge on any atom is 0.264 e. The van der Waals surface area contributed by atoms with Crippen LogP contribution in [0.1, 0.15) is 36.6 Å². The third-order valence-electron chi connectivity index (χ3n) is 3.23. The zero-order chi connectivity index (χ0) is 16.0. The van der Waals surface area contributed by atoms with Gasteiger partial charge in [0.1, 0.15) is 6.10 Å². The van der Waals surface area contributed by atoms with Crippen LogP contribution in [0.3, 0.4) is 0 Å². The van der Waals surface area contributed by atoms with Gasteiger partial charge in [0.05, 0.1) is 25.2 Å². The van der Waals surface area contributed by atoms with Gasteiger partial charge in [0.2, 0.25) is 0 Å². The lowest BCUT2D eigenvalue weighted by atomic mass is 10.1. The van der Waals surface area contributed by atoms with Crippen LogP contribution in [-0.2, 0) is 30.4 Å². The van der Waals surface area contributed by atoms with E-state index in [1.54, 1.807) is 12.1 Å². The van der Waals surface area contributed by atoms with Crippen LogP contribution in [0, 0.1) is 0 Å². The van der Waals surface area contributed by atoms with E-state index in [1.807, 2.05) is 0 Å². The molecular formula is C14H21NO6S. The first kappa shape index (κ1) is 17.3. The zero-order valence-electron chi connectivity index (χ0n) is 12.5. The van der Waals surface area contributed by atoms with E-state index >= 15 is 0 Å². The summed E-state index contributed by atoms with van der Waals surface area (Å²) in [6.45, 7) is 0.733. The Morgan fingerprint density at radius 1 is 1.45 bits per heavy atom. The van der Waals surface area contributed by atoms with Gasteiger partial charge in [-0.2, -0.15) is 8.42 Å². The SMILES string of the molecule is CS(=O)(=O)OCC(O)c1ccc(COC2CCCCO2)nc1. The maximum atomic E-state index is 10.9. The van der Waals surface area contributed by atoms with Crippen LogP contribution in [-0.4, -0.2) is 44.3 Å². The molecule has 2 unspecified atom stereocenters. The molecular weight excluding hydrogens is 310 g/mol. The quantitative estimate of drug-likeness (QED) is 0.748. The molecule has 1 aromatic rings. The number of aromatic nitrogens is 1. The minimum Gasteiger partial charge on any atom is -0.386 e. The van der Waals surface area contributed by atoms with E-state index < -0.39 is 16.2 Å². The van der Waals surface area contributed by atoms with Gasteiger partial charge in [0.15, 0.2) is 6.29 Å². The number of hydrogen-bond acceptors (Lipinski definition) is 7. The zero-order valence-corrected chi connectivity index (χ0v) is 13.3. The number of nitrogens with zero attached hydrogens (tertiary/aromatic N) is 1. The Kier molecular flexibility index (Phi) is 6.27. The van der Waals surface area contributed by atoms with Crippen molar-refractivity contribution in [3.63, 3.8) is 0 Å². The summed E-state index contributed by atoms with van der Waals surface area (Å²) >= 11 is 0. The molecule has 1 N–H and O–H groups in total. The van der Waals surface area contributed by atoms with Crippen LogP contribution >= 0.6 is 0 Å². The molecule has 0 aliphatic carbocycles. The van der Waals surface area contributed by atoms with E-state index in [9.17, 15) is 13.5 Å². The summed E-state index contributed by atoms with van der Waals surface area (Å²) in [7, 11) is -3.57. The fourth-order valence-electron chi connectivity index (χ4n) is 2.02. The van der Waals surface area contributed by atoms with Gasteiger partial charge in [-0.3, -0.25) is 9.17 Å². The number of aliphatic hydroxyl groups is 1. The van der Waals surface area contributed by atoms with Gasteiger partial charge in [0, 0.05) is 18.4 Å². The molecule has 8 heteroatoms. The third kappa shape index (κ3) is 5.98. The predicted octanol–water partition coefficient (Wildman–Crippen LogP) is 1.13. The average Bonchev–Trinajstić information content (AvgIpc) is 2.51. The lowest BCUT2D eigenvalue weighted by Crippen LogP contribution is -2.22. The highest BCUT2D eigenvalue weighted by atomic mass is 32.2. The Morgan fingerprint density at radius 3 is 2.86 bits per heavy atom. The van der Waals surface area contributed by atoms with Crippen molar-refractivity contribution in [2.45, 2.75) is 38.3 Å². The standard InChI is InChI=1S/C14H21NO6S/c1-22(17,18)21-10-13(16)11-5-6-12(15-8-11)9-20-14-4-2-3-7-19-14/h5-6,8,13-14,16H,2-4,7,9-10H2,1H3. The number of rotatable bonds is 7. The van der Waals surface area contributed by atoms with Gasteiger partial charge in [-0.25, -0.2) is 0 Å². The van der Waals surface area contributed by atoms with E-state index in [4.69, 9.17) is 9.47 Å². The van der Waals surface area contributed by atoms with Gasteiger partial charge in [-0.15, -0.1) is 0 Å². The lowest BCUT2D eigenvalue weighted by Gasteiger charge is -2.22. The molecule has 1 saturated heterocycles. The topological polar surface area (TPSA) is 95.0 Å². The first-order chi connectivity index (χ1) is 10.4. The monoisotopic (exact) mass is 331 g/mol. The van der Waals surface area contributed by atoms with E-state index in [0.29, 0.717) is 17.9 Å². The molecule has 7 nitrogen and oxygen atoms in total. The third-order valence-corrected chi connectivity index (χ3v) is 3.79. The summed E-state index contributed by atoms with van der Waals surface area (Å²) < 4.78 is 37.4. The molecule has 2 atom stereocenters. The molecule has 1 fully saturated rings. The summed E-state index contributed by atoms with van der Waals surface area (Å²) in [5.74, 6) is 0. The second kappa shape index (κ2) is 7.98. The van der Waals surface area contributed by atoms with Gasteiger partial charge in [-0.05, 0) is 25.3 Å². The Labute approximate surface area is 130 Å². The summed E-state index contributed by atoms with van der Waals surface area (Å²) in [6, 6.07) is 3.39. The molecule has 0 bridgehead atoms. The first-order valence-corrected chi connectivity index (χ1v) is 8.96. The van der Waals surface area contributed by atoms with Crippen molar-refractivity contribution in [1.29, 1.82) is 0 Å². The highest BCUT2D eigenvalue weighted by molar-refractivity contribution is 7.85. The van der Waals surface area contributed by atoms with Crippen molar-refractivity contribution in [1.82, 2.24) is 4.98 Å². The van der Waals surface area contributed by atoms with Gasteiger partial charge >= 0.3 is 0 Å². The smallest absolute Gasteiger partial charge is 0.264 e. The molecule has 0 saturated carbocycles. The molecule has 0 aromatic carbocycles. The minimum absolute atomic E-state index is 0.177. The summed E-state index contributed by atoms with van der Waals surface area (Å²) in [6.07, 6.45) is 4.26. The van der Waals surface area contributed by atoms with Crippen LogP contribution in [0.5, 0.6) is 0 Å². The number of pyridine rings is 1. The molecule has 1 aliphatic heterocycles. The van der Waals surface area contributed by atoms with Crippen LogP contribution in [0.25, 0.3) is 0 Å². The average molecular weight is 331 g/mol. The van der Waals surface area contributed by atoms with Crippen LogP contribution in [0.4, 0.5) is 0 Å². The fourth-order valence-corrected chi connectivity index (χ4v) is 2.40. The van der Waals surface area contributed by atoms with E-state index in [-0.39, 0.29) is 12.9 Å². The normalized spacial score (nSPS) is 20.7. The number of aliphatic hydroxyl groups excluding tert-OH is 1. The molecule has 124 valence electrons. The first-order valence-electron chi connectivity index (χ1n) is 7.14. The largest absolute Gasteiger partial charge is 0.386 e. The highest BCUT2D eigenvalue weighted by Gasteiger charge is 2.15. The Bertz CT molecular complexity index is 553.